The van der Waals surface area contributed by atoms with Crippen molar-refractivity contribution in [1.29, 1.82) is 0 Å². The van der Waals surface area contributed by atoms with Gasteiger partial charge in [-0.1, -0.05) is 146 Å². The Hall–Kier alpha value is -1.77. The van der Waals surface area contributed by atoms with Gasteiger partial charge in [0, 0.05) is 16.1 Å². The zero-order valence-electron chi connectivity index (χ0n) is 18.9. The topological polar surface area (TPSA) is 3.24 Å². The summed E-state index contributed by atoms with van der Waals surface area (Å²) in [5, 5.41) is 8.35. The van der Waals surface area contributed by atoms with E-state index in [0.717, 1.165) is 0 Å². The molecule has 4 heteroatoms. The highest BCUT2D eigenvalue weighted by molar-refractivity contribution is 7.86. The fourth-order valence-corrected chi connectivity index (χ4v) is 16.8. The summed E-state index contributed by atoms with van der Waals surface area (Å²) in [7, 11) is -1.26. The molecule has 0 bridgehead atoms. The predicted molar refractivity (Wildman–Crippen MR) is 147 cm³/mol. The van der Waals surface area contributed by atoms with E-state index in [9.17, 15) is 0 Å². The first-order chi connectivity index (χ1) is 15.8. The van der Waals surface area contributed by atoms with E-state index in [1.54, 1.807) is 0 Å². The molecule has 0 saturated heterocycles. The maximum Gasteiger partial charge on any atom is 0.382 e. The van der Waals surface area contributed by atoms with Gasteiger partial charge in [0.1, 0.15) is 0 Å². The maximum atomic E-state index is 3.03. The molecule has 0 radical (unpaired) electrons. The standard InChI is InChI=1S/C24H20NP2.2C2H5.Al/c1-5-13-21(14-6-1)26(22-15-7-2-8-16-22)25-27(23-17-9-3-10-18-23)24-19-11-4-12-20-24;2*1-2;/h1-20H;2*1H2,2H3;/q-1;;;+1. The molecule has 0 fully saturated rings. The molecule has 0 unspecified atom stereocenters. The normalized spacial score (nSPS) is 11.3. The Morgan fingerprint density at radius 3 is 0.938 bits per heavy atom. The van der Waals surface area contributed by atoms with Crippen LogP contribution in [-0.2, 0) is 0 Å². The molecule has 0 aliphatic carbocycles. The van der Waals surface area contributed by atoms with Crippen molar-refractivity contribution in [1.82, 2.24) is 3.42 Å². The largest absolute Gasteiger partial charge is 0.382 e. The number of nitrogens with zero attached hydrogens (tertiary/aromatic N) is 1. The van der Waals surface area contributed by atoms with Gasteiger partial charge in [-0.25, -0.2) is 0 Å². The highest BCUT2D eigenvalue weighted by atomic mass is 31.2. The molecule has 0 atom stereocenters. The van der Waals surface area contributed by atoms with Crippen LogP contribution in [0.5, 0.6) is 0 Å². The molecule has 0 aliphatic rings. The minimum absolute atomic E-state index is 0.628. The second-order valence-electron chi connectivity index (χ2n) is 7.76. The van der Waals surface area contributed by atoms with Crippen molar-refractivity contribution in [3.05, 3.63) is 121 Å². The Labute approximate surface area is 200 Å². The summed E-state index contributed by atoms with van der Waals surface area (Å²) < 4.78 is 3.03. The summed E-state index contributed by atoms with van der Waals surface area (Å²) in [6.07, 6.45) is 0. The molecule has 0 aliphatic heterocycles. The average molecular weight is 469 g/mol. The molecule has 4 aromatic rings. The molecule has 1 nitrogen and oxygen atoms in total. The van der Waals surface area contributed by atoms with E-state index in [1.807, 2.05) is 0 Å². The zero-order chi connectivity index (χ0) is 22.2. The van der Waals surface area contributed by atoms with Gasteiger partial charge < -0.3 is 3.42 Å². The van der Waals surface area contributed by atoms with Crippen molar-refractivity contribution in [2.75, 3.05) is 0 Å². The fraction of sp³-hybridized carbons (Fsp3) is 0.143. The first-order valence-corrected chi connectivity index (χ1v) is 16.2. The summed E-state index contributed by atoms with van der Waals surface area (Å²) in [4.78, 5) is 0. The third-order valence-electron chi connectivity index (χ3n) is 5.68. The van der Waals surface area contributed by atoms with Gasteiger partial charge in [0.15, 0.2) is 0 Å². The van der Waals surface area contributed by atoms with Gasteiger partial charge in [0.05, 0.1) is 0 Å². The van der Waals surface area contributed by atoms with E-state index < -0.39 is 30.5 Å². The fourth-order valence-electron chi connectivity index (χ4n) is 4.08. The van der Waals surface area contributed by atoms with E-state index in [1.165, 1.54) is 31.8 Å². The molecule has 4 rings (SSSR count). The van der Waals surface area contributed by atoms with Crippen LogP contribution in [0.1, 0.15) is 13.8 Å². The highest BCUT2D eigenvalue weighted by Crippen LogP contribution is 2.56. The third kappa shape index (κ3) is 5.41. The van der Waals surface area contributed by atoms with Crippen LogP contribution in [0, 0.1) is 0 Å². The molecule has 0 spiro atoms. The third-order valence-corrected chi connectivity index (χ3v) is 16.6. The molecule has 0 heterocycles. The molecule has 32 heavy (non-hydrogen) atoms. The monoisotopic (exact) mass is 469 g/mol. The predicted octanol–water partition coefficient (Wildman–Crippen LogP) is 6.42. The summed E-state index contributed by atoms with van der Waals surface area (Å²) in [5.41, 5.74) is 0. The van der Waals surface area contributed by atoms with Crippen LogP contribution in [0.3, 0.4) is 0 Å². The quantitative estimate of drug-likeness (QED) is 0.202. The van der Waals surface area contributed by atoms with Gasteiger partial charge in [-0.3, -0.25) is 0 Å². The van der Waals surface area contributed by atoms with E-state index in [4.69, 9.17) is 0 Å². The average Bonchev–Trinajstić information content (AvgIpc) is 2.87. The van der Waals surface area contributed by atoms with E-state index in [2.05, 4.69) is 139 Å². The molecule has 4 aromatic carbocycles. The van der Waals surface area contributed by atoms with Gasteiger partial charge in [0.25, 0.3) is 0 Å². The van der Waals surface area contributed by atoms with Gasteiger partial charge >= 0.3 is 14.4 Å². The van der Waals surface area contributed by atoms with Crippen LogP contribution >= 0.6 is 16.1 Å². The lowest BCUT2D eigenvalue weighted by atomic mass is 10.4. The number of hydrogen-bond acceptors (Lipinski definition) is 1. The zero-order valence-corrected chi connectivity index (χ0v) is 21.8. The van der Waals surface area contributed by atoms with Crippen molar-refractivity contribution < 1.29 is 0 Å². The van der Waals surface area contributed by atoms with E-state index in [0.29, 0.717) is 0 Å². The summed E-state index contributed by atoms with van der Waals surface area (Å²) in [6, 6.07) is 44.9. The smallest absolute Gasteiger partial charge is 0.328 e. The molecule has 0 saturated carbocycles. The van der Waals surface area contributed by atoms with Crippen molar-refractivity contribution in [3.63, 3.8) is 0 Å². The Morgan fingerprint density at radius 2 is 0.719 bits per heavy atom. The summed E-state index contributed by atoms with van der Waals surface area (Å²) in [6.45, 7) is 4.81. The van der Waals surface area contributed by atoms with Crippen LogP contribution < -0.4 is 21.2 Å². The second kappa shape index (κ2) is 11.9. The summed E-state index contributed by atoms with van der Waals surface area (Å²) in [5.74, 6) is 0. The Balaban J connectivity index is 1.96. The lowest BCUT2D eigenvalue weighted by Gasteiger charge is -2.43. The van der Waals surface area contributed by atoms with Crippen LogP contribution in [0.15, 0.2) is 121 Å². The van der Waals surface area contributed by atoms with Crippen LogP contribution in [0.2, 0.25) is 10.6 Å². The van der Waals surface area contributed by atoms with Crippen LogP contribution in [0.4, 0.5) is 0 Å². The van der Waals surface area contributed by atoms with Crippen LogP contribution in [-0.4, -0.2) is 17.8 Å². The first-order valence-electron chi connectivity index (χ1n) is 11.4. The minimum Gasteiger partial charge on any atom is -0.328 e. The number of rotatable bonds is 9. The first kappa shape index (κ1) is 23.4. The number of hydrogen-bond donors (Lipinski definition) is 0. The van der Waals surface area contributed by atoms with E-state index in [-0.39, 0.29) is 0 Å². The second-order valence-corrected chi connectivity index (χ2v) is 16.6. The Bertz CT molecular complexity index is 896. The van der Waals surface area contributed by atoms with Gasteiger partial charge in [0.2, 0.25) is 0 Å². The molecule has 0 N–H and O–H groups in total. The van der Waals surface area contributed by atoms with Gasteiger partial charge in [-0.05, 0) is 21.2 Å². The van der Waals surface area contributed by atoms with Crippen LogP contribution in [0.25, 0.3) is 0 Å². The molecular formula is C28H30AlNP2. The van der Waals surface area contributed by atoms with Crippen molar-refractivity contribution in [2.24, 2.45) is 0 Å². The highest BCUT2D eigenvalue weighted by Gasteiger charge is 2.37. The van der Waals surface area contributed by atoms with E-state index >= 15 is 0 Å². The van der Waals surface area contributed by atoms with Gasteiger partial charge in [-0.2, -0.15) is 0 Å². The molecule has 0 aromatic heterocycles. The van der Waals surface area contributed by atoms with Crippen molar-refractivity contribution in [3.8, 4) is 0 Å². The Kier molecular flexibility index (Phi) is 8.71. The van der Waals surface area contributed by atoms with Gasteiger partial charge in [-0.15, -0.1) is 0 Å². The minimum atomic E-state index is -1.21. The maximum absolute atomic E-state index is 3.03. The lowest BCUT2D eigenvalue weighted by Crippen LogP contribution is -2.40. The molecule has 160 valence electrons. The lowest BCUT2D eigenvalue weighted by molar-refractivity contribution is 1.05. The number of benzene rings is 4. The summed E-state index contributed by atoms with van der Waals surface area (Å²) >= 11 is -1.21. The Morgan fingerprint density at radius 1 is 0.469 bits per heavy atom. The molecule has 0 amide bonds. The van der Waals surface area contributed by atoms with Crippen molar-refractivity contribution >= 4 is 51.7 Å². The molecular weight excluding hydrogens is 439 g/mol. The van der Waals surface area contributed by atoms with Crippen molar-refractivity contribution in [2.45, 2.75) is 24.4 Å². The SMILES string of the molecule is C[CH2][Al]([CH2]C)[N](P(c1ccccc1)c1ccccc1)P(c1ccccc1)c1ccccc1.